The molecular formula is C14H19N3. The number of aromatic nitrogens is 2. The SMILES string of the molecule is CC(C)C1CC(Nc2cccc3cn[nH]c23)C1. The van der Waals surface area contributed by atoms with Crippen LogP contribution in [0.2, 0.25) is 0 Å². The molecule has 1 fully saturated rings. The van der Waals surface area contributed by atoms with E-state index in [1.807, 2.05) is 6.20 Å². The molecule has 1 heterocycles. The first-order valence-electron chi connectivity index (χ1n) is 6.42. The predicted octanol–water partition coefficient (Wildman–Crippen LogP) is 3.41. The minimum absolute atomic E-state index is 0.635. The van der Waals surface area contributed by atoms with Gasteiger partial charge in [-0.25, -0.2) is 0 Å². The van der Waals surface area contributed by atoms with Crippen molar-refractivity contribution in [2.45, 2.75) is 32.7 Å². The number of fused-ring (bicyclic) bond motifs is 1. The first-order chi connectivity index (χ1) is 8.24. The minimum atomic E-state index is 0.635. The summed E-state index contributed by atoms with van der Waals surface area (Å²) in [4.78, 5) is 0. The molecule has 2 aromatic rings. The van der Waals surface area contributed by atoms with Crippen LogP contribution in [0.3, 0.4) is 0 Å². The van der Waals surface area contributed by atoms with Gasteiger partial charge in [-0.2, -0.15) is 5.10 Å². The molecule has 0 amide bonds. The van der Waals surface area contributed by atoms with Crippen molar-refractivity contribution < 1.29 is 0 Å². The lowest BCUT2D eigenvalue weighted by molar-refractivity contribution is 0.212. The molecule has 0 aliphatic heterocycles. The quantitative estimate of drug-likeness (QED) is 0.846. The van der Waals surface area contributed by atoms with Gasteiger partial charge in [0.2, 0.25) is 0 Å². The first kappa shape index (κ1) is 10.6. The number of para-hydroxylation sites is 1. The van der Waals surface area contributed by atoms with Crippen LogP contribution in [0.15, 0.2) is 24.4 Å². The van der Waals surface area contributed by atoms with Crippen molar-refractivity contribution in [3.8, 4) is 0 Å². The summed E-state index contributed by atoms with van der Waals surface area (Å²) < 4.78 is 0. The number of nitrogens with zero attached hydrogens (tertiary/aromatic N) is 1. The van der Waals surface area contributed by atoms with E-state index in [9.17, 15) is 0 Å². The molecule has 3 heteroatoms. The second kappa shape index (κ2) is 4.06. The number of rotatable bonds is 3. The summed E-state index contributed by atoms with van der Waals surface area (Å²) in [5.74, 6) is 1.71. The second-order valence-electron chi connectivity index (χ2n) is 5.46. The second-order valence-corrected chi connectivity index (χ2v) is 5.46. The molecule has 1 aromatic carbocycles. The summed E-state index contributed by atoms with van der Waals surface area (Å²) in [5.41, 5.74) is 2.31. The van der Waals surface area contributed by atoms with Crippen LogP contribution in [0, 0.1) is 11.8 Å². The Hall–Kier alpha value is -1.51. The van der Waals surface area contributed by atoms with Gasteiger partial charge in [0.05, 0.1) is 17.4 Å². The third-order valence-electron chi connectivity index (χ3n) is 3.95. The van der Waals surface area contributed by atoms with Crippen LogP contribution in [0.4, 0.5) is 5.69 Å². The van der Waals surface area contributed by atoms with Gasteiger partial charge < -0.3 is 5.32 Å². The fraction of sp³-hybridized carbons (Fsp3) is 0.500. The Morgan fingerprint density at radius 2 is 2.18 bits per heavy atom. The number of hydrogen-bond acceptors (Lipinski definition) is 2. The van der Waals surface area contributed by atoms with Crippen molar-refractivity contribution in [3.63, 3.8) is 0 Å². The standard InChI is InChI=1S/C14H19N3/c1-9(2)11-6-12(7-11)16-13-5-3-4-10-8-15-17-14(10)13/h3-5,8-9,11-12,16H,6-7H2,1-2H3,(H,15,17). The van der Waals surface area contributed by atoms with Crippen LogP contribution < -0.4 is 5.32 Å². The highest BCUT2D eigenvalue weighted by Gasteiger charge is 2.31. The van der Waals surface area contributed by atoms with Crippen LogP contribution >= 0.6 is 0 Å². The Labute approximate surface area is 102 Å². The number of aromatic amines is 1. The zero-order valence-corrected chi connectivity index (χ0v) is 10.4. The molecule has 1 aliphatic rings. The van der Waals surface area contributed by atoms with Gasteiger partial charge in [0, 0.05) is 11.4 Å². The minimum Gasteiger partial charge on any atom is -0.381 e. The van der Waals surface area contributed by atoms with Gasteiger partial charge in [-0.05, 0) is 30.7 Å². The molecule has 1 aromatic heterocycles. The summed E-state index contributed by atoms with van der Waals surface area (Å²) in [5, 5.41) is 12.0. The normalized spacial score (nSPS) is 23.9. The van der Waals surface area contributed by atoms with Gasteiger partial charge in [-0.1, -0.05) is 26.0 Å². The van der Waals surface area contributed by atoms with E-state index in [1.165, 1.54) is 23.9 Å². The van der Waals surface area contributed by atoms with Crippen molar-refractivity contribution in [1.29, 1.82) is 0 Å². The molecule has 0 saturated heterocycles. The molecule has 2 N–H and O–H groups in total. The molecule has 0 spiro atoms. The molecule has 17 heavy (non-hydrogen) atoms. The van der Waals surface area contributed by atoms with Crippen LogP contribution in [0.5, 0.6) is 0 Å². The van der Waals surface area contributed by atoms with Gasteiger partial charge >= 0.3 is 0 Å². The van der Waals surface area contributed by atoms with Gasteiger partial charge in [-0.15, -0.1) is 0 Å². The molecule has 1 saturated carbocycles. The van der Waals surface area contributed by atoms with Crippen molar-refractivity contribution >= 4 is 16.6 Å². The molecule has 0 radical (unpaired) electrons. The van der Waals surface area contributed by atoms with Gasteiger partial charge in [0.1, 0.15) is 0 Å². The molecule has 0 unspecified atom stereocenters. The van der Waals surface area contributed by atoms with E-state index < -0.39 is 0 Å². The van der Waals surface area contributed by atoms with Crippen molar-refractivity contribution in [3.05, 3.63) is 24.4 Å². The van der Waals surface area contributed by atoms with E-state index in [-0.39, 0.29) is 0 Å². The lowest BCUT2D eigenvalue weighted by atomic mass is 9.73. The number of anilines is 1. The predicted molar refractivity (Wildman–Crippen MR) is 71.1 cm³/mol. The van der Waals surface area contributed by atoms with E-state index in [2.05, 4.69) is 47.6 Å². The maximum Gasteiger partial charge on any atom is 0.0881 e. The Kier molecular flexibility index (Phi) is 2.54. The van der Waals surface area contributed by atoms with E-state index in [0.29, 0.717) is 6.04 Å². The molecular weight excluding hydrogens is 210 g/mol. The third-order valence-corrected chi connectivity index (χ3v) is 3.95. The number of hydrogen-bond donors (Lipinski definition) is 2. The molecule has 90 valence electrons. The lowest BCUT2D eigenvalue weighted by Gasteiger charge is -2.39. The summed E-state index contributed by atoms with van der Waals surface area (Å²) in [6.07, 6.45) is 4.46. The Morgan fingerprint density at radius 1 is 1.35 bits per heavy atom. The Bertz CT molecular complexity index is 509. The average molecular weight is 229 g/mol. The lowest BCUT2D eigenvalue weighted by Crippen LogP contribution is -2.37. The number of nitrogens with one attached hydrogen (secondary N) is 2. The topological polar surface area (TPSA) is 40.7 Å². The summed E-state index contributed by atoms with van der Waals surface area (Å²) in [7, 11) is 0. The highest BCUT2D eigenvalue weighted by molar-refractivity contribution is 5.90. The van der Waals surface area contributed by atoms with Crippen LogP contribution in [0.25, 0.3) is 10.9 Å². The average Bonchev–Trinajstić information content (AvgIpc) is 2.70. The monoisotopic (exact) mass is 229 g/mol. The molecule has 0 bridgehead atoms. The van der Waals surface area contributed by atoms with Crippen LogP contribution in [-0.4, -0.2) is 16.2 Å². The Morgan fingerprint density at radius 3 is 2.94 bits per heavy atom. The fourth-order valence-electron chi connectivity index (χ4n) is 2.63. The number of H-pyrrole nitrogens is 1. The largest absolute Gasteiger partial charge is 0.381 e. The van der Waals surface area contributed by atoms with E-state index in [0.717, 1.165) is 17.4 Å². The first-order valence-corrected chi connectivity index (χ1v) is 6.42. The molecule has 0 atom stereocenters. The van der Waals surface area contributed by atoms with Crippen LogP contribution in [0.1, 0.15) is 26.7 Å². The van der Waals surface area contributed by atoms with Gasteiger partial charge in [0.25, 0.3) is 0 Å². The molecule has 3 nitrogen and oxygen atoms in total. The number of benzene rings is 1. The smallest absolute Gasteiger partial charge is 0.0881 e. The Balaban J connectivity index is 1.72. The molecule has 3 rings (SSSR count). The van der Waals surface area contributed by atoms with E-state index >= 15 is 0 Å². The summed E-state index contributed by atoms with van der Waals surface area (Å²) in [6.45, 7) is 4.63. The third kappa shape index (κ3) is 1.90. The highest BCUT2D eigenvalue weighted by Crippen LogP contribution is 2.36. The highest BCUT2D eigenvalue weighted by atomic mass is 15.1. The van der Waals surface area contributed by atoms with E-state index in [1.54, 1.807) is 0 Å². The van der Waals surface area contributed by atoms with Gasteiger partial charge in [0.15, 0.2) is 0 Å². The summed E-state index contributed by atoms with van der Waals surface area (Å²) in [6, 6.07) is 6.93. The van der Waals surface area contributed by atoms with Crippen molar-refractivity contribution in [1.82, 2.24) is 10.2 Å². The van der Waals surface area contributed by atoms with Gasteiger partial charge in [-0.3, -0.25) is 5.10 Å². The maximum atomic E-state index is 4.09. The van der Waals surface area contributed by atoms with E-state index in [4.69, 9.17) is 0 Å². The summed E-state index contributed by atoms with van der Waals surface area (Å²) >= 11 is 0. The zero-order valence-electron chi connectivity index (χ0n) is 10.4. The van der Waals surface area contributed by atoms with Crippen LogP contribution in [-0.2, 0) is 0 Å². The zero-order chi connectivity index (χ0) is 11.8. The maximum absolute atomic E-state index is 4.09. The van der Waals surface area contributed by atoms with Crippen molar-refractivity contribution in [2.75, 3.05) is 5.32 Å². The molecule has 1 aliphatic carbocycles. The van der Waals surface area contributed by atoms with Crippen molar-refractivity contribution in [2.24, 2.45) is 11.8 Å². The fourth-order valence-corrected chi connectivity index (χ4v) is 2.63.